The average Bonchev–Trinajstić information content (AvgIpc) is 2.88. The number of nitrogens with one attached hydrogen (secondary N) is 1. The number of rotatable bonds is 11. The van der Waals surface area contributed by atoms with Crippen LogP contribution in [-0.2, 0) is 32.6 Å². The molecule has 1 atom stereocenters. The van der Waals surface area contributed by atoms with Crippen LogP contribution in [0.15, 0.2) is 66.7 Å². The highest BCUT2D eigenvalue weighted by atomic mass is 35.5. The summed E-state index contributed by atoms with van der Waals surface area (Å²) < 4.78 is 26.5. The normalized spacial score (nSPS) is 12.1. The third kappa shape index (κ3) is 8.25. The Bertz CT molecular complexity index is 1420. The highest BCUT2D eigenvalue weighted by Crippen LogP contribution is 2.30. The number of benzene rings is 3. The molecule has 0 aliphatic heterocycles. The van der Waals surface area contributed by atoms with E-state index >= 15 is 0 Å². The monoisotopic (exact) mass is 629 g/mol. The molecular formula is C27H27Cl4N3O4S. The number of hydrogen-bond donors (Lipinski definition) is 1. The van der Waals surface area contributed by atoms with E-state index in [9.17, 15) is 18.0 Å². The average molecular weight is 631 g/mol. The summed E-state index contributed by atoms with van der Waals surface area (Å²) in [5.41, 5.74) is 1.38. The number of carbonyl (C=O) groups is 2. The van der Waals surface area contributed by atoms with E-state index in [-0.39, 0.29) is 28.7 Å². The maximum Gasteiger partial charge on any atom is 0.244 e. The van der Waals surface area contributed by atoms with Gasteiger partial charge in [-0.15, -0.1) is 0 Å². The highest BCUT2D eigenvalue weighted by molar-refractivity contribution is 7.92. The Morgan fingerprint density at radius 2 is 1.51 bits per heavy atom. The summed E-state index contributed by atoms with van der Waals surface area (Å²) in [7, 11) is -3.95. The minimum absolute atomic E-state index is 0.124. The van der Waals surface area contributed by atoms with Gasteiger partial charge in [-0.1, -0.05) is 82.8 Å². The third-order valence-electron chi connectivity index (χ3n) is 5.88. The molecule has 2 amide bonds. The first-order valence-electron chi connectivity index (χ1n) is 11.9. The third-order valence-corrected chi connectivity index (χ3v) is 8.47. The SMILES string of the molecule is CCNC(=O)C(Cc1ccccc1)N(Cc1c(Cl)cccc1Cl)C(=O)CN(c1ccc(Cl)c(Cl)c1)S(C)(=O)=O. The minimum Gasteiger partial charge on any atom is -0.355 e. The molecule has 3 rings (SSSR count). The number of halogens is 4. The Morgan fingerprint density at radius 3 is 2.08 bits per heavy atom. The van der Waals surface area contributed by atoms with Gasteiger partial charge in [0.1, 0.15) is 12.6 Å². The number of hydrogen-bond acceptors (Lipinski definition) is 4. The summed E-state index contributed by atoms with van der Waals surface area (Å²) in [6.45, 7) is 1.36. The molecule has 1 unspecified atom stereocenters. The van der Waals surface area contributed by atoms with E-state index in [0.29, 0.717) is 22.2 Å². The molecule has 0 radical (unpaired) electrons. The molecular weight excluding hydrogens is 604 g/mol. The van der Waals surface area contributed by atoms with Crippen LogP contribution in [-0.4, -0.2) is 50.5 Å². The van der Waals surface area contributed by atoms with Crippen LogP contribution in [0.25, 0.3) is 0 Å². The Morgan fingerprint density at radius 1 is 0.872 bits per heavy atom. The second-order valence-electron chi connectivity index (χ2n) is 8.69. The van der Waals surface area contributed by atoms with E-state index in [1.54, 1.807) is 25.1 Å². The van der Waals surface area contributed by atoms with Crippen molar-refractivity contribution in [1.29, 1.82) is 0 Å². The number of sulfonamides is 1. The summed E-state index contributed by atoms with van der Waals surface area (Å²) in [5, 5.41) is 3.75. The van der Waals surface area contributed by atoms with Gasteiger partial charge in [0.25, 0.3) is 0 Å². The summed E-state index contributed by atoms with van der Waals surface area (Å²) in [4.78, 5) is 28.6. The first-order valence-corrected chi connectivity index (χ1v) is 15.2. The quantitative estimate of drug-likeness (QED) is 0.288. The maximum absolute atomic E-state index is 14.0. The fourth-order valence-corrected chi connectivity index (χ4v) is 5.60. The molecule has 3 aromatic rings. The molecule has 7 nitrogen and oxygen atoms in total. The van der Waals surface area contributed by atoms with Crippen molar-refractivity contribution in [1.82, 2.24) is 10.2 Å². The number of amides is 2. The number of nitrogens with zero attached hydrogens (tertiary/aromatic N) is 2. The van der Waals surface area contributed by atoms with E-state index < -0.39 is 34.4 Å². The van der Waals surface area contributed by atoms with Gasteiger partial charge in [0, 0.05) is 35.1 Å². The Kier molecular flexibility index (Phi) is 10.9. The van der Waals surface area contributed by atoms with Gasteiger partial charge in [-0.05, 0) is 42.8 Å². The first kappa shape index (κ1) is 31.0. The van der Waals surface area contributed by atoms with Gasteiger partial charge in [-0.3, -0.25) is 13.9 Å². The van der Waals surface area contributed by atoms with Gasteiger partial charge in [-0.25, -0.2) is 8.42 Å². The van der Waals surface area contributed by atoms with Gasteiger partial charge in [-0.2, -0.15) is 0 Å². The molecule has 3 aromatic carbocycles. The minimum atomic E-state index is -3.95. The number of anilines is 1. The predicted molar refractivity (Wildman–Crippen MR) is 158 cm³/mol. The van der Waals surface area contributed by atoms with E-state index in [2.05, 4.69) is 5.32 Å². The number of carbonyl (C=O) groups excluding carboxylic acids is 2. The molecule has 39 heavy (non-hydrogen) atoms. The largest absolute Gasteiger partial charge is 0.355 e. The zero-order valence-electron chi connectivity index (χ0n) is 21.2. The highest BCUT2D eigenvalue weighted by Gasteiger charge is 2.33. The van der Waals surface area contributed by atoms with Crippen molar-refractivity contribution in [2.75, 3.05) is 23.7 Å². The second-order valence-corrected chi connectivity index (χ2v) is 12.2. The molecule has 0 saturated carbocycles. The molecule has 0 spiro atoms. The van der Waals surface area contributed by atoms with Gasteiger partial charge in [0.15, 0.2) is 0 Å². The summed E-state index contributed by atoms with van der Waals surface area (Å²) in [6, 6.07) is 17.4. The van der Waals surface area contributed by atoms with Crippen LogP contribution >= 0.6 is 46.4 Å². The van der Waals surface area contributed by atoms with Gasteiger partial charge < -0.3 is 10.2 Å². The lowest BCUT2D eigenvalue weighted by Gasteiger charge is -2.33. The Labute approximate surface area is 248 Å². The van der Waals surface area contributed by atoms with Crippen LogP contribution < -0.4 is 9.62 Å². The smallest absolute Gasteiger partial charge is 0.244 e. The molecule has 0 heterocycles. The van der Waals surface area contributed by atoms with Crippen LogP contribution in [0.5, 0.6) is 0 Å². The van der Waals surface area contributed by atoms with Crippen molar-refractivity contribution in [3.63, 3.8) is 0 Å². The van der Waals surface area contributed by atoms with Crippen LogP contribution in [0.2, 0.25) is 20.1 Å². The van der Waals surface area contributed by atoms with E-state index in [4.69, 9.17) is 46.4 Å². The number of likely N-dealkylation sites (N-methyl/N-ethyl adjacent to an activating group) is 1. The van der Waals surface area contributed by atoms with Crippen molar-refractivity contribution >= 4 is 73.9 Å². The predicted octanol–water partition coefficient (Wildman–Crippen LogP) is 5.84. The van der Waals surface area contributed by atoms with Crippen molar-refractivity contribution in [3.05, 3.63) is 97.9 Å². The molecule has 12 heteroatoms. The Hall–Kier alpha value is -2.49. The van der Waals surface area contributed by atoms with Gasteiger partial charge in [0.2, 0.25) is 21.8 Å². The van der Waals surface area contributed by atoms with E-state index in [0.717, 1.165) is 16.1 Å². The summed E-state index contributed by atoms with van der Waals surface area (Å²) in [5.74, 6) is -1.05. The molecule has 208 valence electrons. The lowest BCUT2D eigenvalue weighted by molar-refractivity contribution is -0.140. The molecule has 0 aromatic heterocycles. The Balaban J connectivity index is 2.09. The molecule has 0 saturated heterocycles. The van der Waals surface area contributed by atoms with Crippen molar-refractivity contribution in [3.8, 4) is 0 Å². The zero-order valence-corrected chi connectivity index (χ0v) is 25.0. The lowest BCUT2D eigenvalue weighted by atomic mass is 10.0. The zero-order chi connectivity index (χ0) is 28.7. The summed E-state index contributed by atoms with van der Waals surface area (Å²) in [6.07, 6.45) is 1.15. The maximum atomic E-state index is 14.0. The molecule has 0 aliphatic rings. The first-order chi connectivity index (χ1) is 18.4. The fraction of sp³-hybridized carbons (Fsp3) is 0.259. The second kappa shape index (κ2) is 13.7. The lowest BCUT2D eigenvalue weighted by Crippen LogP contribution is -2.53. The van der Waals surface area contributed by atoms with Crippen LogP contribution in [0.3, 0.4) is 0 Å². The van der Waals surface area contributed by atoms with Crippen molar-refractivity contribution in [2.24, 2.45) is 0 Å². The fourth-order valence-electron chi connectivity index (χ4n) is 3.95. The van der Waals surface area contributed by atoms with Crippen molar-refractivity contribution in [2.45, 2.75) is 25.9 Å². The molecule has 0 fully saturated rings. The van der Waals surface area contributed by atoms with Crippen LogP contribution in [0.1, 0.15) is 18.1 Å². The van der Waals surface area contributed by atoms with Crippen molar-refractivity contribution < 1.29 is 18.0 Å². The van der Waals surface area contributed by atoms with E-state index in [1.807, 2.05) is 30.3 Å². The standard InChI is InChI=1S/C27H27Cl4N3O4S/c1-3-32-27(36)25(14-18-8-5-4-6-9-18)33(16-20-21(28)10-7-11-22(20)29)26(35)17-34(39(2,37)38)19-12-13-23(30)24(31)15-19/h4-13,15,25H,3,14,16-17H2,1-2H3,(H,32,36). The molecule has 1 N–H and O–H groups in total. The van der Waals surface area contributed by atoms with Crippen LogP contribution in [0, 0.1) is 0 Å². The topological polar surface area (TPSA) is 86.8 Å². The van der Waals surface area contributed by atoms with Gasteiger partial charge in [0.05, 0.1) is 22.0 Å². The summed E-state index contributed by atoms with van der Waals surface area (Å²) >= 11 is 25.0. The molecule has 0 bridgehead atoms. The van der Waals surface area contributed by atoms with E-state index in [1.165, 1.54) is 23.1 Å². The van der Waals surface area contributed by atoms with Gasteiger partial charge >= 0.3 is 0 Å². The van der Waals surface area contributed by atoms with Crippen LogP contribution in [0.4, 0.5) is 5.69 Å². The molecule has 0 aliphatic carbocycles.